The maximum absolute atomic E-state index is 11.6. The number of carbonyl (C=O) groups excluding carboxylic acids is 2. The molecule has 1 aliphatic heterocycles. The van der Waals surface area contributed by atoms with Gasteiger partial charge < -0.3 is 15.0 Å². The van der Waals surface area contributed by atoms with Crippen LogP contribution < -0.4 is 15.0 Å². The maximum Gasteiger partial charge on any atom is 0.224 e. The van der Waals surface area contributed by atoms with Gasteiger partial charge in [-0.3, -0.25) is 9.59 Å². The summed E-state index contributed by atoms with van der Waals surface area (Å²) >= 11 is 0. The second kappa shape index (κ2) is 5.73. The molecular formula is C14H18N2O3. The lowest BCUT2D eigenvalue weighted by molar-refractivity contribution is -0.117. The summed E-state index contributed by atoms with van der Waals surface area (Å²) in [5, 5.41) is 2.82. The van der Waals surface area contributed by atoms with E-state index in [2.05, 4.69) is 5.32 Å². The number of nitrogens with one attached hydrogen (secondary N) is 1. The molecule has 1 N–H and O–H groups in total. The van der Waals surface area contributed by atoms with Crippen LogP contribution in [0.15, 0.2) is 18.2 Å². The van der Waals surface area contributed by atoms with Crippen LogP contribution in [0.1, 0.15) is 26.7 Å². The number of fused-ring (bicyclic) bond motifs is 1. The highest BCUT2D eigenvalue weighted by Crippen LogP contribution is 2.34. The van der Waals surface area contributed by atoms with Crippen molar-refractivity contribution in [3.05, 3.63) is 18.2 Å². The molecule has 1 aromatic rings. The highest BCUT2D eigenvalue weighted by Gasteiger charge is 2.21. The SMILES string of the molecule is CCCC(=O)Nc1ccc2c(c1)N(C(C)=O)CCO2. The van der Waals surface area contributed by atoms with E-state index in [1.165, 1.54) is 6.92 Å². The van der Waals surface area contributed by atoms with Gasteiger partial charge >= 0.3 is 0 Å². The van der Waals surface area contributed by atoms with Crippen LogP contribution in [-0.2, 0) is 9.59 Å². The van der Waals surface area contributed by atoms with Crippen molar-refractivity contribution in [2.75, 3.05) is 23.4 Å². The average molecular weight is 262 g/mol. The summed E-state index contributed by atoms with van der Waals surface area (Å²) in [6.07, 6.45) is 1.30. The van der Waals surface area contributed by atoms with Gasteiger partial charge in [0.1, 0.15) is 12.4 Å². The predicted octanol–water partition coefficient (Wildman–Crippen LogP) is 2.17. The van der Waals surface area contributed by atoms with E-state index in [-0.39, 0.29) is 11.8 Å². The molecule has 0 bridgehead atoms. The van der Waals surface area contributed by atoms with E-state index in [0.717, 1.165) is 6.42 Å². The van der Waals surface area contributed by atoms with Gasteiger partial charge in [0, 0.05) is 19.0 Å². The first-order valence-corrected chi connectivity index (χ1v) is 6.46. The van der Waals surface area contributed by atoms with Crippen LogP contribution in [0.4, 0.5) is 11.4 Å². The van der Waals surface area contributed by atoms with Crippen LogP contribution in [-0.4, -0.2) is 25.0 Å². The van der Waals surface area contributed by atoms with E-state index in [1.807, 2.05) is 6.92 Å². The van der Waals surface area contributed by atoms with Crippen LogP contribution in [0.25, 0.3) is 0 Å². The van der Waals surface area contributed by atoms with Crippen molar-refractivity contribution in [2.24, 2.45) is 0 Å². The Bertz CT molecular complexity index is 499. The van der Waals surface area contributed by atoms with E-state index in [1.54, 1.807) is 23.1 Å². The van der Waals surface area contributed by atoms with Crippen LogP contribution in [0.2, 0.25) is 0 Å². The number of carbonyl (C=O) groups is 2. The topological polar surface area (TPSA) is 58.6 Å². The quantitative estimate of drug-likeness (QED) is 0.908. The molecule has 0 radical (unpaired) electrons. The van der Waals surface area contributed by atoms with Gasteiger partial charge in [0.15, 0.2) is 0 Å². The van der Waals surface area contributed by atoms with E-state index < -0.39 is 0 Å². The first-order valence-electron chi connectivity index (χ1n) is 6.46. The molecule has 1 aromatic carbocycles. The van der Waals surface area contributed by atoms with Crippen LogP contribution in [0.5, 0.6) is 5.75 Å². The lowest BCUT2D eigenvalue weighted by atomic mass is 10.2. The molecule has 0 spiro atoms. The Morgan fingerprint density at radius 1 is 1.42 bits per heavy atom. The molecule has 0 saturated heterocycles. The number of amides is 2. The third-order valence-corrected chi connectivity index (χ3v) is 2.96. The minimum absolute atomic E-state index is 0.0199. The summed E-state index contributed by atoms with van der Waals surface area (Å²) < 4.78 is 5.50. The number of anilines is 2. The number of hydrogen-bond acceptors (Lipinski definition) is 3. The molecule has 102 valence electrons. The van der Waals surface area contributed by atoms with Crippen molar-refractivity contribution >= 4 is 23.2 Å². The molecule has 0 aliphatic carbocycles. The Morgan fingerprint density at radius 2 is 2.21 bits per heavy atom. The van der Waals surface area contributed by atoms with Crippen LogP contribution >= 0.6 is 0 Å². The van der Waals surface area contributed by atoms with Crippen molar-refractivity contribution < 1.29 is 14.3 Å². The van der Waals surface area contributed by atoms with Crippen molar-refractivity contribution in [3.8, 4) is 5.75 Å². The third kappa shape index (κ3) is 3.05. The fourth-order valence-electron chi connectivity index (χ4n) is 2.07. The first kappa shape index (κ1) is 13.4. The predicted molar refractivity (Wildman–Crippen MR) is 73.5 cm³/mol. The highest BCUT2D eigenvalue weighted by molar-refractivity contribution is 5.96. The summed E-state index contributed by atoms with van der Waals surface area (Å²) in [5.41, 5.74) is 1.40. The molecule has 19 heavy (non-hydrogen) atoms. The summed E-state index contributed by atoms with van der Waals surface area (Å²) in [7, 11) is 0. The second-order valence-electron chi connectivity index (χ2n) is 4.50. The number of benzene rings is 1. The molecule has 5 heteroatoms. The molecule has 2 amide bonds. The molecule has 0 atom stereocenters. The van der Waals surface area contributed by atoms with E-state index in [4.69, 9.17) is 4.74 Å². The Hall–Kier alpha value is -2.04. The van der Waals surface area contributed by atoms with Gasteiger partial charge in [0.2, 0.25) is 11.8 Å². The summed E-state index contributed by atoms with van der Waals surface area (Å²) in [4.78, 5) is 24.8. The van der Waals surface area contributed by atoms with Gasteiger partial charge in [-0.15, -0.1) is 0 Å². The summed E-state index contributed by atoms with van der Waals surface area (Å²) in [6, 6.07) is 5.35. The summed E-state index contributed by atoms with van der Waals surface area (Å²) in [5.74, 6) is 0.630. The van der Waals surface area contributed by atoms with E-state index >= 15 is 0 Å². The highest BCUT2D eigenvalue weighted by atomic mass is 16.5. The summed E-state index contributed by atoms with van der Waals surface area (Å²) in [6.45, 7) is 4.51. The Kier molecular flexibility index (Phi) is 4.04. The third-order valence-electron chi connectivity index (χ3n) is 2.96. The molecular weight excluding hydrogens is 244 g/mol. The molecule has 0 unspecified atom stereocenters. The smallest absolute Gasteiger partial charge is 0.224 e. The Balaban J connectivity index is 2.23. The molecule has 5 nitrogen and oxygen atoms in total. The molecule has 1 heterocycles. The fourth-order valence-corrected chi connectivity index (χ4v) is 2.07. The van der Waals surface area contributed by atoms with Gasteiger partial charge in [-0.25, -0.2) is 0 Å². The zero-order valence-electron chi connectivity index (χ0n) is 11.2. The van der Waals surface area contributed by atoms with Crippen molar-refractivity contribution in [1.82, 2.24) is 0 Å². The molecule has 0 aromatic heterocycles. The lowest BCUT2D eigenvalue weighted by Crippen LogP contribution is -2.36. The zero-order valence-corrected chi connectivity index (χ0v) is 11.2. The van der Waals surface area contributed by atoms with Gasteiger partial charge in [-0.05, 0) is 24.6 Å². The molecule has 0 fully saturated rings. The number of nitrogens with zero attached hydrogens (tertiary/aromatic N) is 1. The number of ether oxygens (including phenoxy) is 1. The molecule has 0 saturated carbocycles. The monoisotopic (exact) mass is 262 g/mol. The average Bonchev–Trinajstić information content (AvgIpc) is 2.38. The first-order chi connectivity index (χ1) is 9.11. The van der Waals surface area contributed by atoms with E-state index in [9.17, 15) is 9.59 Å². The molecule has 2 rings (SSSR count). The van der Waals surface area contributed by atoms with Gasteiger partial charge in [-0.1, -0.05) is 6.92 Å². The Labute approximate surface area is 112 Å². The van der Waals surface area contributed by atoms with Gasteiger partial charge in [0.25, 0.3) is 0 Å². The van der Waals surface area contributed by atoms with Crippen molar-refractivity contribution in [1.29, 1.82) is 0 Å². The van der Waals surface area contributed by atoms with Crippen LogP contribution in [0, 0.1) is 0 Å². The minimum Gasteiger partial charge on any atom is -0.490 e. The zero-order chi connectivity index (χ0) is 13.8. The standard InChI is InChI=1S/C14H18N2O3/c1-3-4-14(18)15-11-5-6-13-12(9-11)16(10(2)17)7-8-19-13/h5-6,9H,3-4,7-8H2,1-2H3,(H,15,18). The van der Waals surface area contributed by atoms with Crippen molar-refractivity contribution in [2.45, 2.75) is 26.7 Å². The second-order valence-corrected chi connectivity index (χ2v) is 4.50. The minimum atomic E-state index is -0.0263. The van der Waals surface area contributed by atoms with Gasteiger partial charge in [0.05, 0.1) is 12.2 Å². The fraction of sp³-hybridized carbons (Fsp3) is 0.429. The van der Waals surface area contributed by atoms with Crippen LogP contribution in [0.3, 0.4) is 0 Å². The van der Waals surface area contributed by atoms with Crippen molar-refractivity contribution in [3.63, 3.8) is 0 Å². The lowest BCUT2D eigenvalue weighted by Gasteiger charge is -2.29. The number of hydrogen-bond donors (Lipinski definition) is 1. The maximum atomic E-state index is 11.6. The largest absolute Gasteiger partial charge is 0.490 e. The van der Waals surface area contributed by atoms with E-state index in [0.29, 0.717) is 36.7 Å². The normalized spacial score (nSPS) is 13.5. The van der Waals surface area contributed by atoms with Gasteiger partial charge in [-0.2, -0.15) is 0 Å². The Morgan fingerprint density at radius 3 is 2.89 bits per heavy atom. The number of rotatable bonds is 3. The molecule has 1 aliphatic rings.